The van der Waals surface area contributed by atoms with Gasteiger partial charge in [0, 0.05) is 11.8 Å². The van der Waals surface area contributed by atoms with Crippen LogP contribution in [-0.2, 0) is 6.42 Å². The summed E-state index contributed by atoms with van der Waals surface area (Å²) in [5.41, 5.74) is 7.77. The molecule has 3 nitrogen and oxygen atoms in total. The van der Waals surface area contributed by atoms with Crippen molar-refractivity contribution in [1.82, 2.24) is 0 Å². The molecule has 0 atom stereocenters. The lowest BCUT2D eigenvalue weighted by atomic mass is 10.1. The van der Waals surface area contributed by atoms with Crippen LogP contribution in [0.2, 0.25) is 0 Å². The molecule has 0 unspecified atom stereocenters. The van der Waals surface area contributed by atoms with E-state index in [2.05, 4.69) is 13.0 Å². The predicted octanol–water partition coefficient (Wildman–Crippen LogP) is 3.50. The number of rotatable bonds is 3. The first-order valence-corrected chi connectivity index (χ1v) is 5.79. The minimum absolute atomic E-state index is 0.430. The molecule has 0 saturated carbocycles. The van der Waals surface area contributed by atoms with Gasteiger partial charge in [0.1, 0.15) is 17.6 Å². The molecule has 2 rings (SSSR count). The second-order valence-corrected chi connectivity index (χ2v) is 3.96. The van der Waals surface area contributed by atoms with E-state index in [0.29, 0.717) is 17.0 Å². The van der Waals surface area contributed by atoms with E-state index in [1.54, 1.807) is 18.2 Å². The van der Waals surface area contributed by atoms with Crippen molar-refractivity contribution >= 4 is 5.69 Å². The zero-order valence-corrected chi connectivity index (χ0v) is 10.2. The van der Waals surface area contributed by atoms with Crippen molar-refractivity contribution in [2.24, 2.45) is 0 Å². The Balaban J connectivity index is 2.26. The summed E-state index contributed by atoms with van der Waals surface area (Å²) in [4.78, 5) is 0. The van der Waals surface area contributed by atoms with Gasteiger partial charge in [-0.1, -0.05) is 19.1 Å². The normalized spacial score (nSPS) is 9.78. The maximum Gasteiger partial charge on any atom is 0.128 e. The van der Waals surface area contributed by atoms with Gasteiger partial charge in [0.25, 0.3) is 0 Å². The van der Waals surface area contributed by atoms with Gasteiger partial charge in [-0.3, -0.25) is 0 Å². The molecule has 2 N–H and O–H groups in total. The van der Waals surface area contributed by atoms with Gasteiger partial charge in [-0.2, -0.15) is 5.26 Å². The van der Waals surface area contributed by atoms with Gasteiger partial charge in [-0.25, -0.2) is 0 Å². The van der Waals surface area contributed by atoms with Crippen molar-refractivity contribution in [3.63, 3.8) is 0 Å². The molecule has 0 aliphatic heterocycles. The molecule has 0 aromatic heterocycles. The van der Waals surface area contributed by atoms with Crippen LogP contribution < -0.4 is 10.5 Å². The third-order valence-electron chi connectivity index (χ3n) is 2.69. The molecule has 0 spiro atoms. The average molecular weight is 238 g/mol. The number of ether oxygens (including phenoxy) is 1. The van der Waals surface area contributed by atoms with Crippen LogP contribution in [0.5, 0.6) is 11.5 Å². The summed E-state index contributed by atoms with van der Waals surface area (Å²) in [6, 6.07) is 15.0. The lowest BCUT2D eigenvalue weighted by Crippen LogP contribution is -1.92. The van der Waals surface area contributed by atoms with Crippen LogP contribution in [0.4, 0.5) is 5.69 Å². The van der Waals surface area contributed by atoms with Crippen LogP contribution in [0.1, 0.15) is 18.1 Å². The Hall–Kier alpha value is -2.47. The molecule has 0 saturated heterocycles. The first-order chi connectivity index (χ1) is 8.72. The molecule has 0 amide bonds. The van der Waals surface area contributed by atoms with E-state index in [4.69, 9.17) is 15.7 Å². The van der Waals surface area contributed by atoms with E-state index in [0.717, 1.165) is 12.2 Å². The summed E-state index contributed by atoms with van der Waals surface area (Å²) in [6.45, 7) is 2.09. The van der Waals surface area contributed by atoms with Gasteiger partial charge >= 0.3 is 0 Å². The summed E-state index contributed by atoms with van der Waals surface area (Å²) in [5.74, 6) is 1.39. The topological polar surface area (TPSA) is 59.0 Å². The van der Waals surface area contributed by atoms with Crippen molar-refractivity contribution in [3.8, 4) is 17.6 Å². The van der Waals surface area contributed by atoms with Crippen molar-refractivity contribution in [2.45, 2.75) is 13.3 Å². The summed E-state index contributed by atoms with van der Waals surface area (Å²) in [6.07, 6.45) is 0.961. The van der Waals surface area contributed by atoms with Crippen LogP contribution in [0.3, 0.4) is 0 Å². The standard InChI is InChI=1S/C15H14N2O/c1-2-11-4-3-5-13(8-11)18-14-6-7-15(17)12(9-14)10-16/h3-9H,2,17H2,1H3. The Bertz CT molecular complexity index is 600. The smallest absolute Gasteiger partial charge is 0.128 e. The number of hydrogen-bond donors (Lipinski definition) is 1. The number of anilines is 1. The molecule has 0 fully saturated rings. The highest BCUT2D eigenvalue weighted by Gasteiger charge is 2.03. The molecule has 3 heteroatoms. The van der Waals surface area contributed by atoms with Crippen LogP contribution in [-0.4, -0.2) is 0 Å². The van der Waals surface area contributed by atoms with Crippen molar-refractivity contribution in [1.29, 1.82) is 5.26 Å². The Morgan fingerprint density at radius 3 is 2.67 bits per heavy atom. The number of nitrogens with two attached hydrogens (primary N) is 1. The summed E-state index contributed by atoms with van der Waals surface area (Å²) in [5, 5.41) is 8.91. The number of nitriles is 1. The Kier molecular flexibility index (Phi) is 3.49. The first-order valence-electron chi connectivity index (χ1n) is 5.79. The zero-order valence-electron chi connectivity index (χ0n) is 10.2. The third kappa shape index (κ3) is 2.61. The average Bonchev–Trinajstić information content (AvgIpc) is 2.41. The molecule has 0 heterocycles. The highest BCUT2D eigenvalue weighted by molar-refractivity contribution is 5.57. The fourth-order valence-corrected chi connectivity index (χ4v) is 1.66. The maximum absolute atomic E-state index is 8.91. The van der Waals surface area contributed by atoms with Crippen LogP contribution >= 0.6 is 0 Å². The largest absolute Gasteiger partial charge is 0.457 e. The lowest BCUT2D eigenvalue weighted by molar-refractivity contribution is 0.482. The van der Waals surface area contributed by atoms with Crippen LogP contribution in [0, 0.1) is 11.3 Å². The molecule has 0 aliphatic rings. The monoisotopic (exact) mass is 238 g/mol. The number of aryl methyl sites for hydroxylation is 1. The van der Waals surface area contributed by atoms with E-state index < -0.39 is 0 Å². The van der Waals surface area contributed by atoms with Crippen molar-refractivity contribution in [3.05, 3.63) is 53.6 Å². The molecule has 2 aromatic carbocycles. The van der Waals surface area contributed by atoms with Gasteiger partial charge in [-0.15, -0.1) is 0 Å². The second kappa shape index (κ2) is 5.24. The summed E-state index contributed by atoms with van der Waals surface area (Å²) >= 11 is 0. The number of nitrogens with zero attached hydrogens (tertiary/aromatic N) is 1. The third-order valence-corrected chi connectivity index (χ3v) is 2.69. The number of benzene rings is 2. The molecule has 18 heavy (non-hydrogen) atoms. The minimum atomic E-state index is 0.430. The molecular formula is C15H14N2O. The van der Waals surface area contributed by atoms with Gasteiger partial charge in [0.2, 0.25) is 0 Å². The van der Waals surface area contributed by atoms with E-state index in [1.807, 2.05) is 24.3 Å². The maximum atomic E-state index is 8.91. The molecule has 0 radical (unpaired) electrons. The number of hydrogen-bond acceptors (Lipinski definition) is 3. The van der Waals surface area contributed by atoms with E-state index in [1.165, 1.54) is 5.56 Å². The highest BCUT2D eigenvalue weighted by Crippen LogP contribution is 2.25. The fraction of sp³-hybridized carbons (Fsp3) is 0.133. The molecule has 2 aromatic rings. The van der Waals surface area contributed by atoms with Gasteiger partial charge in [0.15, 0.2) is 0 Å². The molecule has 0 bridgehead atoms. The first kappa shape index (κ1) is 12.0. The van der Waals surface area contributed by atoms with E-state index >= 15 is 0 Å². The quantitative estimate of drug-likeness (QED) is 0.832. The van der Waals surface area contributed by atoms with E-state index in [-0.39, 0.29) is 0 Å². The summed E-state index contributed by atoms with van der Waals surface area (Å²) in [7, 11) is 0. The SMILES string of the molecule is CCc1cccc(Oc2ccc(N)c(C#N)c2)c1. The van der Waals surface area contributed by atoms with Crippen molar-refractivity contribution in [2.75, 3.05) is 5.73 Å². The van der Waals surface area contributed by atoms with Gasteiger partial charge < -0.3 is 10.5 Å². The summed E-state index contributed by atoms with van der Waals surface area (Å²) < 4.78 is 5.71. The Labute approximate surface area is 106 Å². The predicted molar refractivity (Wildman–Crippen MR) is 71.5 cm³/mol. The molecule has 0 aliphatic carbocycles. The van der Waals surface area contributed by atoms with Crippen LogP contribution in [0.15, 0.2) is 42.5 Å². The zero-order chi connectivity index (χ0) is 13.0. The lowest BCUT2D eigenvalue weighted by Gasteiger charge is -2.08. The fourth-order valence-electron chi connectivity index (χ4n) is 1.66. The highest BCUT2D eigenvalue weighted by atomic mass is 16.5. The minimum Gasteiger partial charge on any atom is -0.457 e. The number of nitrogen functional groups attached to an aromatic ring is 1. The Morgan fingerprint density at radius 2 is 1.94 bits per heavy atom. The molecule has 90 valence electrons. The van der Waals surface area contributed by atoms with Gasteiger partial charge in [-0.05, 0) is 36.2 Å². The van der Waals surface area contributed by atoms with Crippen LogP contribution in [0.25, 0.3) is 0 Å². The van der Waals surface area contributed by atoms with Gasteiger partial charge in [0.05, 0.1) is 5.56 Å². The second-order valence-electron chi connectivity index (χ2n) is 3.96. The molecular weight excluding hydrogens is 224 g/mol. The Morgan fingerprint density at radius 1 is 1.17 bits per heavy atom. The van der Waals surface area contributed by atoms with E-state index in [9.17, 15) is 0 Å². The van der Waals surface area contributed by atoms with Crippen molar-refractivity contribution < 1.29 is 4.74 Å².